The van der Waals surface area contributed by atoms with E-state index in [4.69, 9.17) is 16.3 Å². The lowest BCUT2D eigenvalue weighted by molar-refractivity contribution is -0.119. The molecule has 0 radical (unpaired) electrons. The van der Waals surface area contributed by atoms with Crippen molar-refractivity contribution in [1.29, 1.82) is 0 Å². The van der Waals surface area contributed by atoms with Gasteiger partial charge in [-0.2, -0.15) is 0 Å². The second-order valence-corrected chi connectivity index (χ2v) is 10.3. The minimum absolute atomic E-state index is 0.108. The molecule has 8 heteroatoms. The van der Waals surface area contributed by atoms with Crippen LogP contribution in [0.1, 0.15) is 32.3 Å². The molecular weight excluding hydrogens is 412 g/mol. The Bertz CT molecular complexity index is 1090. The summed E-state index contributed by atoms with van der Waals surface area (Å²) in [6.45, 7) is 4.60. The van der Waals surface area contributed by atoms with Gasteiger partial charge in [0.05, 0.1) is 17.7 Å². The number of amides is 1. The third-order valence-electron chi connectivity index (χ3n) is 5.45. The second kappa shape index (κ2) is 6.92. The number of anilines is 2. The summed E-state index contributed by atoms with van der Waals surface area (Å²) >= 11 is 6.01. The van der Waals surface area contributed by atoms with Gasteiger partial charge in [0, 0.05) is 28.6 Å². The fourth-order valence-electron chi connectivity index (χ4n) is 3.74. The van der Waals surface area contributed by atoms with Crippen molar-refractivity contribution in [2.45, 2.75) is 37.0 Å². The maximum absolute atomic E-state index is 13.0. The zero-order valence-corrected chi connectivity index (χ0v) is 18.1. The van der Waals surface area contributed by atoms with Gasteiger partial charge in [0.15, 0.2) is 0 Å². The lowest BCUT2D eigenvalue weighted by atomic mass is 9.87. The number of sulfonamides is 1. The Morgan fingerprint density at radius 2 is 1.93 bits per heavy atom. The van der Waals surface area contributed by atoms with E-state index in [9.17, 15) is 13.2 Å². The van der Waals surface area contributed by atoms with Crippen molar-refractivity contribution in [2.75, 3.05) is 23.3 Å². The predicted octanol–water partition coefficient (Wildman–Crippen LogP) is 4.18. The zero-order valence-electron chi connectivity index (χ0n) is 16.5. The Hall–Kier alpha value is -2.25. The van der Waals surface area contributed by atoms with Crippen molar-refractivity contribution in [1.82, 2.24) is 0 Å². The maximum atomic E-state index is 13.0. The van der Waals surface area contributed by atoms with Crippen LogP contribution in [0.4, 0.5) is 11.4 Å². The maximum Gasteiger partial charge on any atom is 0.262 e. The molecule has 2 aliphatic rings. The number of benzene rings is 2. The van der Waals surface area contributed by atoms with Crippen LogP contribution >= 0.6 is 11.6 Å². The number of nitrogens with zero attached hydrogens (tertiary/aromatic N) is 1. The molecule has 0 bridgehead atoms. The van der Waals surface area contributed by atoms with E-state index in [1.807, 2.05) is 13.8 Å². The molecule has 0 atom stereocenters. The Morgan fingerprint density at radius 1 is 1.21 bits per heavy atom. The number of ether oxygens (including phenoxy) is 1. The molecule has 6 nitrogen and oxygen atoms in total. The highest BCUT2D eigenvalue weighted by molar-refractivity contribution is 7.92. The first-order chi connectivity index (χ1) is 13.6. The molecule has 2 aromatic rings. The average molecular weight is 435 g/mol. The van der Waals surface area contributed by atoms with E-state index >= 15 is 0 Å². The molecule has 1 heterocycles. The van der Waals surface area contributed by atoms with Gasteiger partial charge >= 0.3 is 0 Å². The monoisotopic (exact) mass is 434 g/mol. The average Bonchev–Trinajstić information content (AvgIpc) is 3.46. The molecule has 1 amide bonds. The van der Waals surface area contributed by atoms with Gasteiger partial charge in [0.2, 0.25) is 5.91 Å². The predicted molar refractivity (Wildman–Crippen MR) is 113 cm³/mol. The van der Waals surface area contributed by atoms with Crippen molar-refractivity contribution < 1.29 is 17.9 Å². The Labute approximate surface area is 175 Å². The van der Waals surface area contributed by atoms with Crippen molar-refractivity contribution in [3.8, 4) is 5.75 Å². The summed E-state index contributed by atoms with van der Waals surface area (Å²) in [5.41, 5.74) is 1.59. The lowest BCUT2D eigenvalue weighted by Crippen LogP contribution is -2.34. The number of halogens is 1. The molecular formula is C21H23ClN2O4S. The number of methoxy groups -OCH3 is 1. The van der Waals surface area contributed by atoms with Gasteiger partial charge in [-0.1, -0.05) is 25.4 Å². The second-order valence-electron chi connectivity index (χ2n) is 8.21. The number of carbonyl (C=O) groups excluding carboxylic acids is 1. The molecule has 29 heavy (non-hydrogen) atoms. The molecule has 0 aromatic heterocycles. The summed E-state index contributed by atoms with van der Waals surface area (Å²) in [4.78, 5) is 14.6. The number of rotatable bonds is 5. The van der Waals surface area contributed by atoms with Crippen LogP contribution in [0.25, 0.3) is 0 Å². The normalized spacial score (nSPS) is 17.7. The minimum Gasteiger partial charge on any atom is -0.495 e. The van der Waals surface area contributed by atoms with Crippen LogP contribution in [0.3, 0.4) is 0 Å². The topological polar surface area (TPSA) is 75.7 Å². The van der Waals surface area contributed by atoms with Crippen molar-refractivity contribution in [3.63, 3.8) is 0 Å². The third-order valence-corrected chi connectivity index (χ3v) is 7.05. The molecule has 1 saturated carbocycles. The van der Waals surface area contributed by atoms with Crippen LogP contribution < -0.4 is 14.4 Å². The number of fused-ring (bicyclic) bond motifs is 1. The van der Waals surface area contributed by atoms with Crippen LogP contribution in [-0.2, 0) is 20.2 Å². The van der Waals surface area contributed by atoms with E-state index in [0.29, 0.717) is 17.3 Å². The summed E-state index contributed by atoms with van der Waals surface area (Å²) in [5, 5.41) is 0.396. The first-order valence-electron chi connectivity index (χ1n) is 9.45. The molecule has 0 spiro atoms. The Balaban J connectivity index is 1.70. The third kappa shape index (κ3) is 3.69. The largest absolute Gasteiger partial charge is 0.495 e. The summed E-state index contributed by atoms with van der Waals surface area (Å²) in [6, 6.07) is 9.66. The first kappa shape index (κ1) is 20.0. The summed E-state index contributed by atoms with van der Waals surface area (Å²) in [5.74, 6) is 0.618. The summed E-state index contributed by atoms with van der Waals surface area (Å²) in [7, 11) is -2.41. The highest BCUT2D eigenvalue weighted by atomic mass is 35.5. The number of nitrogens with one attached hydrogen (secondary N) is 1. The van der Waals surface area contributed by atoms with Crippen LogP contribution in [-0.4, -0.2) is 28.0 Å². The number of hydrogen-bond donors (Lipinski definition) is 1. The molecule has 1 aliphatic heterocycles. The van der Waals surface area contributed by atoms with Gasteiger partial charge in [0.1, 0.15) is 5.75 Å². The fraction of sp³-hybridized carbons (Fsp3) is 0.381. The van der Waals surface area contributed by atoms with E-state index in [-0.39, 0.29) is 27.8 Å². The van der Waals surface area contributed by atoms with E-state index in [0.717, 1.165) is 24.1 Å². The van der Waals surface area contributed by atoms with Gasteiger partial charge in [-0.05, 0) is 54.8 Å². The van der Waals surface area contributed by atoms with Crippen molar-refractivity contribution in [3.05, 3.63) is 47.0 Å². The zero-order chi connectivity index (χ0) is 21.0. The molecule has 154 valence electrons. The molecule has 4 rings (SSSR count). The molecule has 1 N–H and O–H groups in total. The molecule has 0 saturated heterocycles. The van der Waals surface area contributed by atoms with Gasteiger partial charge in [0.25, 0.3) is 10.0 Å². The molecule has 1 aliphatic carbocycles. The van der Waals surface area contributed by atoms with Crippen molar-refractivity contribution >= 4 is 38.9 Å². The standard InChI is InChI=1S/C21H23ClN2O4S/c1-21(2)12-24(20(25)13-4-5-13)18-8-7-15(11-16(18)21)29(26,27)23-17-10-14(22)6-9-19(17)28-3/h6-11,13,23H,4-5,12H2,1-3H3. The van der Waals surface area contributed by atoms with Gasteiger partial charge in [-0.15, -0.1) is 0 Å². The smallest absolute Gasteiger partial charge is 0.262 e. The summed E-state index contributed by atoms with van der Waals surface area (Å²) in [6.07, 6.45) is 1.87. The Morgan fingerprint density at radius 3 is 2.59 bits per heavy atom. The van der Waals surface area contributed by atoms with Crippen LogP contribution in [0.5, 0.6) is 5.75 Å². The number of hydrogen-bond acceptors (Lipinski definition) is 4. The quantitative estimate of drug-likeness (QED) is 0.765. The van der Waals surface area contributed by atoms with Crippen LogP contribution in [0.15, 0.2) is 41.3 Å². The fourth-order valence-corrected chi connectivity index (χ4v) is 5.00. The van der Waals surface area contributed by atoms with Gasteiger partial charge in [-0.3, -0.25) is 9.52 Å². The lowest BCUT2D eigenvalue weighted by Gasteiger charge is -2.20. The van der Waals surface area contributed by atoms with Crippen LogP contribution in [0, 0.1) is 5.92 Å². The summed E-state index contributed by atoms with van der Waals surface area (Å²) < 4.78 is 33.9. The van der Waals surface area contributed by atoms with E-state index in [1.54, 1.807) is 29.2 Å². The van der Waals surface area contributed by atoms with Gasteiger partial charge < -0.3 is 9.64 Å². The minimum atomic E-state index is -3.87. The van der Waals surface area contributed by atoms with E-state index < -0.39 is 10.0 Å². The van der Waals surface area contributed by atoms with E-state index in [2.05, 4.69) is 4.72 Å². The number of carbonyl (C=O) groups is 1. The highest BCUT2D eigenvalue weighted by Crippen LogP contribution is 2.44. The molecule has 1 fully saturated rings. The van der Waals surface area contributed by atoms with Crippen molar-refractivity contribution in [2.24, 2.45) is 5.92 Å². The van der Waals surface area contributed by atoms with E-state index in [1.165, 1.54) is 19.2 Å². The molecule has 2 aromatic carbocycles. The highest BCUT2D eigenvalue weighted by Gasteiger charge is 2.43. The van der Waals surface area contributed by atoms with Crippen LogP contribution in [0.2, 0.25) is 5.02 Å². The first-order valence-corrected chi connectivity index (χ1v) is 11.3. The Kier molecular flexibility index (Phi) is 4.78. The molecule has 0 unspecified atom stereocenters. The van der Waals surface area contributed by atoms with Gasteiger partial charge in [-0.25, -0.2) is 8.42 Å². The SMILES string of the molecule is COc1ccc(Cl)cc1NS(=O)(=O)c1ccc2c(c1)C(C)(C)CN2C(=O)C1CC1.